The number of anilines is 2. The van der Waals surface area contributed by atoms with Crippen molar-refractivity contribution < 1.29 is 35.9 Å². The highest BCUT2D eigenvalue weighted by Crippen LogP contribution is 2.25. The first-order chi connectivity index (χ1) is 21.7. The van der Waals surface area contributed by atoms with Gasteiger partial charge in [0.15, 0.2) is 0 Å². The van der Waals surface area contributed by atoms with Crippen molar-refractivity contribution in [1.29, 1.82) is 0 Å². The predicted octanol–water partition coefficient (Wildman–Crippen LogP) is 3.18. The first-order valence-electron chi connectivity index (χ1n) is 14.8. The van der Waals surface area contributed by atoms with Crippen LogP contribution in [-0.2, 0) is 29.5 Å². The molecule has 2 aliphatic heterocycles. The molecule has 2 amide bonds. The van der Waals surface area contributed by atoms with E-state index in [0.717, 1.165) is 0 Å². The van der Waals surface area contributed by atoms with E-state index >= 15 is 0 Å². The number of sulfonamides is 2. The topological polar surface area (TPSA) is 164 Å². The molecular formula is C31H37N5O8S2. The fourth-order valence-electron chi connectivity index (χ4n) is 5.50. The third kappa shape index (κ3) is 7.45. The molecule has 2 aromatic carbocycles. The largest absolute Gasteiger partial charge is 0.373 e. The Morgan fingerprint density at radius 2 is 1.00 bits per heavy atom. The zero-order chi connectivity index (χ0) is 33.2. The number of amides is 2. The Bertz CT molecular complexity index is 1650. The van der Waals surface area contributed by atoms with E-state index in [9.17, 15) is 26.4 Å². The summed E-state index contributed by atoms with van der Waals surface area (Å²) in [6.07, 6.45) is 1.87. The minimum atomic E-state index is -3.77. The van der Waals surface area contributed by atoms with Gasteiger partial charge in [0.05, 0.1) is 51.8 Å². The highest BCUT2D eigenvalue weighted by atomic mass is 32.2. The van der Waals surface area contributed by atoms with Gasteiger partial charge in [-0.2, -0.15) is 8.61 Å². The Morgan fingerprint density at radius 1 is 0.630 bits per heavy atom. The molecule has 0 aliphatic carbocycles. The van der Waals surface area contributed by atoms with Crippen LogP contribution in [0.1, 0.15) is 48.4 Å². The molecule has 0 radical (unpaired) electrons. The van der Waals surface area contributed by atoms with Gasteiger partial charge >= 0.3 is 0 Å². The van der Waals surface area contributed by atoms with Crippen LogP contribution >= 0.6 is 0 Å². The van der Waals surface area contributed by atoms with E-state index in [1.807, 2.05) is 27.7 Å². The molecule has 1 aromatic heterocycles. The summed E-state index contributed by atoms with van der Waals surface area (Å²) in [5.41, 5.74) is 0.877. The molecule has 46 heavy (non-hydrogen) atoms. The molecule has 4 atom stereocenters. The first-order valence-corrected chi connectivity index (χ1v) is 17.7. The van der Waals surface area contributed by atoms with Crippen molar-refractivity contribution in [3.63, 3.8) is 0 Å². The third-order valence-corrected chi connectivity index (χ3v) is 11.3. The second kappa shape index (κ2) is 13.6. The quantitative estimate of drug-likeness (QED) is 0.366. The van der Waals surface area contributed by atoms with Crippen molar-refractivity contribution in [2.24, 2.45) is 0 Å². The number of nitrogens with one attached hydrogen (secondary N) is 2. The Kier molecular flexibility index (Phi) is 9.91. The molecule has 5 rings (SSSR count). The van der Waals surface area contributed by atoms with Crippen molar-refractivity contribution in [3.8, 4) is 0 Å². The van der Waals surface area contributed by atoms with E-state index in [4.69, 9.17) is 9.47 Å². The fourth-order valence-corrected chi connectivity index (χ4v) is 8.68. The molecule has 0 unspecified atom stereocenters. The molecule has 2 aliphatic rings. The average Bonchev–Trinajstić information content (AvgIpc) is 3.01. The number of hydrogen-bond acceptors (Lipinski definition) is 9. The number of carbonyl (C=O) groups is 2. The zero-order valence-corrected chi connectivity index (χ0v) is 27.5. The lowest BCUT2D eigenvalue weighted by atomic mass is 10.2. The van der Waals surface area contributed by atoms with E-state index < -0.39 is 31.9 Å². The van der Waals surface area contributed by atoms with Gasteiger partial charge in [0.1, 0.15) is 0 Å². The lowest BCUT2D eigenvalue weighted by Crippen LogP contribution is -2.48. The van der Waals surface area contributed by atoms with Crippen LogP contribution in [0.3, 0.4) is 0 Å². The van der Waals surface area contributed by atoms with Crippen LogP contribution in [-0.4, -0.2) is 92.8 Å². The predicted molar refractivity (Wildman–Crippen MR) is 171 cm³/mol. The summed E-state index contributed by atoms with van der Waals surface area (Å²) in [5.74, 6) is -1.07. The Morgan fingerprint density at radius 3 is 1.39 bits per heavy atom. The van der Waals surface area contributed by atoms with Crippen LogP contribution in [0.2, 0.25) is 0 Å². The Hall–Kier alpha value is -3.73. The summed E-state index contributed by atoms with van der Waals surface area (Å²) in [5, 5.41) is 5.43. The Labute approximate surface area is 269 Å². The standard InChI is InChI=1S/C31H37N5O8S2/c1-20-16-35(17-21(2)43-20)45(39,40)26-9-5-24(6-10-26)30(37)33-28-13-14-32-15-29(28)34-31(38)25-7-11-27(12-8-25)46(41,42)36-18-22(3)44-23(4)19-36/h5-15,20-23H,16-19H2,1-4H3,(H,34,38)(H,32,33,37)/t20-,21+,22-,23-/m0/s1. The molecule has 2 saturated heterocycles. The summed E-state index contributed by atoms with van der Waals surface area (Å²) in [7, 11) is -7.55. The van der Waals surface area contributed by atoms with Gasteiger partial charge < -0.3 is 20.1 Å². The summed E-state index contributed by atoms with van der Waals surface area (Å²) < 4.78 is 66.7. The average molecular weight is 672 g/mol. The van der Waals surface area contributed by atoms with E-state index in [-0.39, 0.29) is 82.9 Å². The molecule has 246 valence electrons. The molecule has 2 fully saturated rings. The summed E-state index contributed by atoms with van der Waals surface area (Å²) in [6.45, 7) is 8.22. The van der Waals surface area contributed by atoms with E-state index in [1.54, 1.807) is 0 Å². The lowest BCUT2D eigenvalue weighted by Gasteiger charge is -2.34. The van der Waals surface area contributed by atoms with Crippen LogP contribution < -0.4 is 10.6 Å². The zero-order valence-electron chi connectivity index (χ0n) is 25.9. The molecule has 0 bridgehead atoms. The van der Waals surface area contributed by atoms with Gasteiger partial charge in [0, 0.05) is 43.5 Å². The van der Waals surface area contributed by atoms with Gasteiger partial charge in [-0.05, 0) is 82.3 Å². The van der Waals surface area contributed by atoms with Gasteiger partial charge in [-0.3, -0.25) is 14.6 Å². The number of nitrogens with zero attached hydrogens (tertiary/aromatic N) is 3. The SMILES string of the molecule is C[C@@H]1CN(S(=O)(=O)c2ccc(C(=O)Nc3ccncc3NC(=O)c3ccc(S(=O)(=O)N4C[C@H](C)O[C@@H](C)C4)cc3)cc2)C[C@H](C)O1. The summed E-state index contributed by atoms with van der Waals surface area (Å²) in [6, 6.07) is 12.7. The minimum Gasteiger partial charge on any atom is -0.373 e. The number of aromatic nitrogens is 1. The highest BCUT2D eigenvalue weighted by molar-refractivity contribution is 7.89. The number of rotatable bonds is 8. The molecule has 3 aromatic rings. The van der Waals surface area contributed by atoms with Gasteiger partial charge in [-0.1, -0.05) is 0 Å². The van der Waals surface area contributed by atoms with Gasteiger partial charge in [0.25, 0.3) is 11.8 Å². The van der Waals surface area contributed by atoms with Crippen LogP contribution in [0.5, 0.6) is 0 Å². The van der Waals surface area contributed by atoms with Gasteiger partial charge in [-0.15, -0.1) is 0 Å². The van der Waals surface area contributed by atoms with Crippen molar-refractivity contribution >= 4 is 43.2 Å². The molecule has 2 N–H and O–H groups in total. The molecule has 13 nitrogen and oxygen atoms in total. The van der Waals surface area contributed by atoms with Crippen LogP contribution in [0, 0.1) is 0 Å². The normalized spacial score (nSPS) is 23.0. The second-order valence-electron chi connectivity index (χ2n) is 11.5. The van der Waals surface area contributed by atoms with E-state index in [0.29, 0.717) is 0 Å². The fraction of sp³-hybridized carbons (Fsp3) is 0.387. The molecular weight excluding hydrogens is 635 g/mol. The molecule has 0 spiro atoms. The number of pyridine rings is 1. The van der Waals surface area contributed by atoms with Crippen LogP contribution in [0.25, 0.3) is 0 Å². The minimum absolute atomic E-state index is 0.0626. The number of morpholine rings is 2. The monoisotopic (exact) mass is 671 g/mol. The van der Waals surface area contributed by atoms with Gasteiger partial charge in [0.2, 0.25) is 20.0 Å². The number of carbonyl (C=O) groups excluding carboxylic acids is 2. The maximum atomic E-state index is 13.2. The van der Waals surface area contributed by atoms with Crippen molar-refractivity contribution in [3.05, 3.63) is 78.1 Å². The van der Waals surface area contributed by atoms with Gasteiger partial charge in [-0.25, -0.2) is 16.8 Å². The smallest absolute Gasteiger partial charge is 0.255 e. The van der Waals surface area contributed by atoms with Crippen molar-refractivity contribution in [2.45, 2.75) is 61.9 Å². The lowest BCUT2D eigenvalue weighted by molar-refractivity contribution is -0.0442. The van der Waals surface area contributed by atoms with Crippen LogP contribution in [0.4, 0.5) is 11.4 Å². The molecule has 0 saturated carbocycles. The summed E-state index contributed by atoms with van der Waals surface area (Å²) >= 11 is 0. The number of hydrogen-bond donors (Lipinski definition) is 2. The van der Waals surface area contributed by atoms with Crippen molar-refractivity contribution in [1.82, 2.24) is 13.6 Å². The highest BCUT2D eigenvalue weighted by Gasteiger charge is 2.33. The maximum absolute atomic E-state index is 13.2. The second-order valence-corrected chi connectivity index (χ2v) is 15.4. The van der Waals surface area contributed by atoms with E-state index in [1.165, 1.54) is 75.6 Å². The number of benzene rings is 2. The number of ether oxygens (including phenoxy) is 2. The third-order valence-electron chi connectivity index (χ3n) is 7.60. The van der Waals surface area contributed by atoms with Crippen LogP contribution in [0.15, 0.2) is 76.8 Å². The first kappa shape index (κ1) is 33.6. The Balaban J connectivity index is 1.25. The van der Waals surface area contributed by atoms with E-state index in [2.05, 4.69) is 15.6 Å². The van der Waals surface area contributed by atoms with Crippen molar-refractivity contribution in [2.75, 3.05) is 36.8 Å². The molecule has 3 heterocycles. The summed E-state index contributed by atoms with van der Waals surface area (Å²) in [4.78, 5) is 30.3. The molecule has 15 heteroatoms. The maximum Gasteiger partial charge on any atom is 0.255 e.